The van der Waals surface area contributed by atoms with Gasteiger partial charge in [-0.3, -0.25) is 0 Å². The molecule has 0 saturated heterocycles. The van der Waals surface area contributed by atoms with Gasteiger partial charge in [-0.15, -0.1) is 23.7 Å². The van der Waals surface area contributed by atoms with Crippen LogP contribution in [0.1, 0.15) is 25.5 Å². The Balaban J connectivity index is 0.00000300. The zero-order valence-electron chi connectivity index (χ0n) is 17.1. The van der Waals surface area contributed by atoms with Gasteiger partial charge >= 0.3 is 0 Å². The Hall–Kier alpha value is -1.69. The van der Waals surface area contributed by atoms with Crippen LogP contribution in [0.2, 0.25) is 0 Å². The fourth-order valence-corrected chi connectivity index (χ4v) is 4.23. The summed E-state index contributed by atoms with van der Waals surface area (Å²) < 4.78 is 5.81. The minimum Gasteiger partial charge on any atom is -0.386 e. The lowest BCUT2D eigenvalue weighted by atomic mass is 9.92. The number of rotatable bonds is 10. The zero-order valence-corrected chi connectivity index (χ0v) is 18.7. The molecule has 0 bridgehead atoms. The average Bonchev–Trinajstić information content (AvgIpc) is 3.28. The third-order valence-electron chi connectivity index (χ3n) is 5.03. The normalized spacial score (nSPS) is 12.0. The topological polar surface area (TPSA) is 32.7 Å². The van der Waals surface area contributed by atoms with Crippen molar-refractivity contribution in [1.29, 1.82) is 0 Å². The van der Waals surface area contributed by atoms with E-state index in [0.29, 0.717) is 13.2 Å². The van der Waals surface area contributed by atoms with Crippen LogP contribution in [-0.2, 0) is 4.74 Å². The lowest BCUT2D eigenvalue weighted by Crippen LogP contribution is -2.27. The van der Waals surface area contributed by atoms with Crippen LogP contribution in [0, 0.1) is 0 Å². The van der Waals surface area contributed by atoms with Gasteiger partial charge in [0.1, 0.15) is 6.10 Å². The molecule has 0 spiro atoms. The molecule has 3 nitrogen and oxygen atoms in total. The number of aliphatic hydroxyl groups excluding tert-OH is 1. The highest BCUT2D eigenvalue weighted by atomic mass is 35.5. The highest BCUT2D eigenvalue weighted by Gasteiger charge is 2.19. The van der Waals surface area contributed by atoms with E-state index in [2.05, 4.69) is 54.5 Å². The second-order valence-corrected chi connectivity index (χ2v) is 7.68. The van der Waals surface area contributed by atoms with Crippen molar-refractivity contribution in [2.24, 2.45) is 0 Å². The zero-order chi connectivity index (χ0) is 19.8. The van der Waals surface area contributed by atoms with E-state index in [1.54, 1.807) is 11.3 Å². The molecule has 0 fully saturated rings. The van der Waals surface area contributed by atoms with Crippen LogP contribution in [0.3, 0.4) is 0 Å². The Kier molecular flexibility index (Phi) is 9.85. The van der Waals surface area contributed by atoms with Crippen LogP contribution in [0.15, 0.2) is 66.0 Å². The van der Waals surface area contributed by atoms with E-state index in [1.165, 1.54) is 0 Å². The Morgan fingerprint density at radius 1 is 0.966 bits per heavy atom. The smallest absolute Gasteiger partial charge is 0.103 e. The van der Waals surface area contributed by atoms with E-state index in [1.807, 2.05) is 30.3 Å². The summed E-state index contributed by atoms with van der Waals surface area (Å²) in [5.74, 6) is 0. The summed E-state index contributed by atoms with van der Waals surface area (Å²) in [5, 5.41) is 13.0. The number of nitrogens with zero attached hydrogens (tertiary/aromatic N) is 1. The van der Waals surface area contributed by atoms with Crippen LogP contribution in [-0.4, -0.2) is 42.9 Å². The van der Waals surface area contributed by atoms with Crippen LogP contribution in [0.5, 0.6) is 0 Å². The lowest BCUT2D eigenvalue weighted by Gasteiger charge is -2.20. The molecule has 1 N–H and O–H groups in total. The van der Waals surface area contributed by atoms with Gasteiger partial charge in [-0.2, -0.15) is 0 Å². The van der Waals surface area contributed by atoms with Crippen LogP contribution >= 0.6 is 23.7 Å². The SMILES string of the molecule is CCN(CC)CCOCC(O)c1cccc(-c2ccccc2)c1-c1cccs1.Cl. The fraction of sp³-hybridized carbons (Fsp3) is 0.333. The Morgan fingerprint density at radius 2 is 1.72 bits per heavy atom. The van der Waals surface area contributed by atoms with E-state index in [0.717, 1.165) is 46.8 Å². The molecule has 0 aliphatic carbocycles. The lowest BCUT2D eigenvalue weighted by molar-refractivity contribution is 0.0276. The van der Waals surface area contributed by atoms with E-state index >= 15 is 0 Å². The summed E-state index contributed by atoms with van der Waals surface area (Å²) in [4.78, 5) is 3.48. The monoisotopic (exact) mass is 431 g/mol. The number of aliphatic hydroxyl groups is 1. The third kappa shape index (κ3) is 6.14. The van der Waals surface area contributed by atoms with Gasteiger partial charge < -0.3 is 14.7 Å². The summed E-state index contributed by atoms with van der Waals surface area (Å²) in [6, 6.07) is 20.7. The summed E-state index contributed by atoms with van der Waals surface area (Å²) in [7, 11) is 0. The van der Waals surface area contributed by atoms with Gasteiger partial charge in [-0.25, -0.2) is 0 Å². The first-order chi connectivity index (χ1) is 13.7. The maximum Gasteiger partial charge on any atom is 0.103 e. The van der Waals surface area contributed by atoms with Crippen LogP contribution in [0.25, 0.3) is 21.6 Å². The molecule has 156 valence electrons. The summed E-state index contributed by atoms with van der Waals surface area (Å²) in [5.41, 5.74) is 4.32. The standard InChI is InChI=1S/C24H29NO2S.ClH/c1-3-25(4-2)15-16-27-18-22(26)21-13-8-12-20(19-10-6-5-7-11-19)24(21)23-14-9-17-28-23;/h5-14,17,22,26H,3-4,15-16,18H2,1-2H3;1H. The fourth-order valence-electron chi connectivity index (χ4n) is 3.42. The summed E-state index contributed by atoms with van der Waals surface area (Å²) in [6.45, 7) is 8.17. The molecule has 0 aliphatic heterocycles. The number of thiophene rings is 1. The van der Waals surface area contributed by atoms with Crippen molar-refractivity contribution in [2.45, 2.75) is 20.0 Å². The molecule has 1 aromatic heterocycles. The van der Waals surface area contributed by atoms with Crippen molar-refractivity contribution in [2.75, 3.05) is 32.8 Å². The molecular formula is C24H30ClNO2S. The van der Waals surface area contributed by atoms with E-state index < -0.39 is 6.10 Å². The molecule has 0 saturated carbocycles. The molecular weight excluding hydrogens is 402 g/mol. The highest BCUT2D eigenvalue weighted by Crippen LogP contribution is 2.39. The quantitative estimate of drug-likeness (QED) is 0.406. The van der Waals surface area contributed by atoms with Crippen molar-refractivity contribution in [1.82, 2.24) is 4.90 Å². The summed E-state index contributed by atoms with van der Waals surface area (Å²) in [6.07, 6.45) is -0.655. The number of likely N-dealkylation sites (N-methyl/N-ethyl adjacent to an activating group) is 1. The van der Waals surface area contributed by atoms with Gasteiger partial charge in [0.05, 0.1) is 13.2 Å². The first-order valence-electron chi connectivity index (χ1n) is 9.95. The van der Waals surface area contributed by atoms with E-state index in [-0.39, 0.29) is 12.4 Å². The minimum atomic E-state index is -0.655. The minimum absolute atomic E-state index is 0. The Morgan fingerprint density at radius 3 is 2.38 bits per heavy atom. The van der Waals surface area contributed by atoms with Gasteiger partial charge in [0, 0.05) is 17.0 Å². The Bertz CT molecular complexity index is 835. The first kappa shape index (κ1) is 23.6. The molecule has 3 rings (SSSR count). The average molecular weight is 432 g/mol. The highest BCUT2D eigenvalue weighted by molar-refractivity contribution is 7.13. The van der Waals surface area contributed by atoms with Crippen LogP contribution < -0.4 is 0 Å². The van der Waals surface area contributed by atoms with Gasteiger partial charge in [-0.05, 0) is 41.2 Å². The second kappa shape index (κ2) is 12.1. The van der Waals surface area contributed by atoms with Gasteiger partial charge in [0.25, 0.3) is 0 Å². The molecule has 1 unspecified atom stereocenters. The maximum atomic E-state index is 10.9. The van der Waals surface area contributed by atoms with Crippen molar-refractivity contribution in [3.8, 4) is 21.6 Å². The maximum absolute atomic E-state index is 10.9. The van der Waals surface area contributed by atoms with Crippen LogP contribution in [0.4, 0.5) is 0 Å². The molecule has 29 heavy (non-hydrogen) atoms. The number of benzene rings is 2. The number of hydrogen-bond donors (Lipinski definition) is 1. The molecule has 2 aromatic carbocycles. The van der Waals surface area contributed by atoms with Gasteiger partial charge in [-0.1, -0.05) is 68.4 Å². The number of ether oxygens (including phenoxy) is 1. The van der Waals surface area contributed by atoms with E-state index in [9.17, 15) is 5.11 Å². The predicted octanol–water partition coefficient (Wildman–Crippen LogP) is 5.90. The molecule has 3 aromatic rings. The largest absolute Gasteiger partial charge is 0.386 e. The number of halogens is 1. The first-order valence-corrected chi connectivity index (χ1v) is 10.8. The molecule has 1 atom stereocenters. The molecule has 0 aliphatic rings. The molecule has 0 radical (unpaired) electrons. The second-order valence-electron chi connectivity index (χ2n) is 6.73. The van der Waals surface area contributed by atoms with E-state index in [4.69, 9.17) is 4.74 Å². The van der Waals surface area contributed by atoms with Crippen molar-refractivity contribution >= 4 is 23.7 Å². The summed E-state index contributed by atoms with van der Waals surface area (Å²) >= 11 is 1.70. The van der Waals surface area contributed by atoms with Crippen molar-refractivity contribution < 1.29 is 9.84 Å². The van der Waals surface area contributed by atoms with Crippen molar-refractivity contribution in [3.63, 3.8) is 0 Å². The van der Waals surface area contributed by atoms with Gasteiger partial charge in [0.15, 0.2) is 0 Å². The molecule has 1 heterocycles. The molecule has 5 heteroatoms. The predicted molar refractivity (Wildman–Crippen MR) is 126 cm³/mol. The Labute approximate surface area is 184 Å². The molecule has 0 amide bonds. The van der Waals surface area contributed by atoms with Crippen molar-refractivity contribution in [3.05, 3.63) is 71.6 Å². The number of hydrogen-bond acceptors (Lipinski definition) is 4. The van der Waals surface area contributed by atoms with Gasteiger partial charge in [0.2, 0.25) is 0 Å². The third-order valence-corrected chi connectivity index (χ3v) is 5.92.